The van der Waals surface area contributed by atoms with E-state index < -0.39 is 0 Å². The van der Waals surface area contributed by atoms with Gasteiger partial charge in [0.15, 0.2) is 0 Å². The summed E-state index contributed by atoms with van der Waals surface area (Å²) in [6, 6.07) is 3.96. The lowest BCUT2D eigenvalue weighted by molar-refractivity contribution is 0.445. The number of likely N-dealkylation sites (N-methyl/N-ethyl adjacent to an activating group) is 1. The number of nitrogens with one attached hydrogen (secondary N) is 1. The Morgan fingerprint density at radius 3 is 2.71 bits per heavy atom. The molecule has 0 aliphatic heterocycles. The Bertz CT molecular complexity index is 392. The van der Waals surface area contributed by atoms with E-state index in [2.05, 4.69) is 12.2 Å². The van der Waals surface area contributed by atoms with Crippen molar-refractivity contribution in [2.75, 3.05) is 6.54 Å². The largest absolute Gasteiger partial charge is 0.314 e. The lowest BCUT2D eigenvalue weighted by atomic mass is 10.0. The van der Waals surface area contributed by atoms with E-state index in [1.54, 1.807) is 0 Å². The second-order valence-corrected chi connectivity index (χ2v) is 4.98. The van der Waals surface area contributed by atoms with Gasteiger partial charge in [0.2, 0.25) is 0 Å². The summed E-state index contributed by atoms with van der Waals surface area (Å²) in [5, 5.41) is 3.38. The van der Waals surface area contributed by atoms with Crippen molar-refractivity contribution < 1.29 is 8.78 Å². The molecule has 3 heteroatoms. The summed E-state index contributed by atoms with van der Waals surface area (Å²) >= 11 is 0. The van der Waals surface area contributed by atoms with Crippen LogP contribution in [0.5, 0.6) is 0 Å². The van der Waals surface area contributed by atoms with Gasteiger partial charge in [0, 0.05) is 6.04 Å². The maximum absolute atomic E-state index is 13.6. The van der Waals surface area contributed by atoms with Crippen LogP contribution in [0.3, 0.4) is 0 Å². The van der Waals surface area contributed by atoms with E-state index in [0.717, 1.165) is 6.54 Å². The molecule has 1 aromatic carbocycles. The molecule has 0 radical (unpaired) electrons. The smallest absolute Gasteiger partial charge is 0.126 e. The molecule has 0 amide bonds. The van der Waals surface area contributed by atoms with Crippen molar-refractivity contribution in [1.29, 1.82) is 0 Å². The average molecular weight is 239 g/mol. The summed E-state index contributed by atoms with van der Waals surface area (Å²) < 4.78 is 26.6. The molecule has 0 bridgehead atoms. The first-order chi connectivity index (χ1) is 8.11. The topological polar surface area (TPSA) is 12.0 Å². The van der Waals surface area contributed by atoms with Gasteiger partial charge < -0.3 is 5.32 Å². The fraction of sp³-hybridized carbons (Fsp3) is 0.571. The highest BCUT2D eigenvalue weighted by molar-refractivity contribution is 5.20. The number of halogens is 2. The van der Waals surface area contributed by atoms with Crippen molar-refractivity contribution in [3.05, 3.63) is 35.4 Å². The Labute approximate surface area is 101 Å². The zero-order valence-corrected chi connectivity index (χ0v) is 10.3. The van der Waals surface area contributed by atoms with Gasteiger partial charge in [-0.15, -0.1) is 0 Å². The molecule has 2 rings (SSSR count). The minimum atomic E-state index is -0.361. The first-order valence-electron chi connectivity index (χ1n) is 6.29. The molecule has 0 spiro atoms. The minimum Gasteiger partial charge on any atom is -0.314 e. The zero-order chi connectivity index (χ0) is 12.4. The summed E-state index contributed by atoms with van der Waals surface area (Å²) in [7, 11) is 0. The fourth-order valence-corrected chi connectivity index (χ4v) is 2.49. The van der Waals surface area contributed by atoms with Gasteiger partial charge >= 0.3 is 0 Å². The Morgan fingerprint density at radius 2 is 2.12 bits per heavy atom. The van der Waals surface area contributed by atoms with E-state index in [4.69, 9.17) is 0 Å². The summed E-state index contributed by atoms with van der Waals surface area (Å²) in [5.74, 6) is 0.649. The Hall–Kier alpha value is -0.960. The van der Waals surface area contributed by atoms with E-state index in [9.17, 15) is 8.78 Å². The first-order valence-corrected chi connectivity index (χ1v) is 6.29. The normalized spacial score (nSPS) is 24.7. The van der Waals surface area contributed by atoms with Gasteiger partial charge in [0.1, 0.15) is 11.6 Å². The Balaban J connectivity index is 2.08. The second-order valence-electron chi connectivity index (χ2n) is 4.98. The van der Waals surface area contributed by atoms with Crippen LogP contribution in [0.4, 0.5) is 8.78 Å². The van der Waals surface area contributed by atoms with Crippen LogP contribution in [0.25, 0.3) is 0 Å². The lowest BCUT2D eigenvalue weighted by Gasteiger charge is -2.18. The van der Waals surface area contributed by atoms with Gasteiger partial charge in [-0.25, -0.2) is 8.78 Å². The van der Waals surface area contributed by atoms with Crippen molar-refractivity contribution in [2.45, 2.75) is 32.7 Å². The predicted molar refractivity (Wildman–Crippen MR) is 64.8 cm³/mol. The molecule has 0 aromatic heterocycles. The van der Waals surface area contributed by atoms with E-state index in [0.29, 0.717) is 23.8 Å². The van der Waals surface area contributed by atoms with Crippen LogP contribution < -0.4 is 5.32 Å². The molecule has 0 heterocycles. The van der Waals surface area contributed by atoms with E-state index in [1.165, 1.54) is 24.6 Å². The summed E-state index contributed by atoms with van der Waals surface area (Å²) in [6.45, 7) is 5.11. The molecule has 0 saturated heterocycles. The maximum Gasteiger partial charge on any atom is 0.126 e. The molecule has 1 nitrogen and oxygen atoms in total. The molecule has 1 fully saturated rings. The Morgan fingerprint density at radius 1 is 1.41 bits per heavy atom. The van der Waals surface area contributed by atoms with Crippen molar-refractivity contribution in [1.82, 2.24) is 5.32 Å². The van der Waals surface area contributed by atoms with Gasteiger partial charge in [0.05, 0.1) is 0 Å². The highest BCUT2D eigenvalue weighted by Gasteiger charge is 2.39. The second kappa shape index (κ2) is 5.13. The molecular formula is C14H19F2N. The number of benzene rings is 1. The predicted octanol–water partition coefficient (Wildman–Crippen LogP) is 3.14. The quantitative estimate of drug-likeness (QED) is 0.832. The van der Waals surface area contributed by atoms with Crippen LogP contribution >= 0.6 is 0 Å². The van der Waals surface area contributed by atoms with Crippen molar-refractivity contribution in [3.63, 3.8) is 0 Å². The molecule has 1 aliphatic rings. The summed E-state index contributed by atoms with van der Waals surface area (Å²) in [6.07, 6.45) is 1.76. The fourth-order valence-electron chi connectivity index (χ4n) is 2.49. The Kier molecular flexibility index (Phi) is 3.77. The first kappa shape index (κ1) is 12.5. The molecule has 17 heavy (non-hydrogen) atoms. The minimum absolute atomic E-state index is 0.270. The molecule has 3 atom stereocenters. The van der Waals surface area contributed by atoms with Crippen LogP contribution in [-0.4, -0.2) is 12.6 Å². The van der Waals surface area contributed by atoms with Gasteiger partial charge in [-0.2, -0.15) is 0 Å². The third kappa shape index (κ3) is 3.03. The molecule has 1 saturated carbocycles. The lowest BCUT2D eigenvalue weighted by Crippen LogP contribution is -2.33. The van der Waals surface area contributed by atoms with E-state index >= 15 is 0 Å². The monoisotopic (exact) mass is 239 g/mol. The number of hydrogen-bond donors (Lipinski definition) is 1. The van der Waals surface area contributed by atoms with Gasteiger partial charge in [-0.3, -0.25) is 0 Å². The van der Waals surface area contributed by atoms with Gasteiger partial charge in [0.25, 0.3) is 0 Å². The number of rotatable bonds is 5. The SMILES string of the molecule is CCNC(Cc1cc(F)ccc1F)C1CC1C. The molecule has 1 aromatic rings. The highest BCUT2D eigenvalue weighted by atomic mass is 19.1. The number of hydrogen-bond acceptors (Lipinski definition) is 1. The van der Waals surface area contributed by atoms with Crippen molar-refractivity contribution in [2.24, 2.45) is 11.8 Å². The molecule has 3 unspecified atom stereocenters. The van der Waals surface area contributed by atoms with Crippen molar-refractivity contribution in [3.8, 4) is 0 Å². The van der Waals surface area contributed by atoms with Crippen LogP contribution in [0.15, 0.2) is 18.2 Å². The summed E-state index contributed by atoms with van der Waals surface area (Å²) in [5.41, 5.74) is 0.482. The maximum atomic E-state index is 13.6. The third-order valence-electron chi connectivity index (χ3n) is 3.60. The third-order valence-corrected chi connectivity index (χ3v) is 3.60. The molecule has 1 N–H and O–H groups in total. The van der Waals surface area contributed by atoms with E-state index in [1.807, 2.05) is 6.92 Å². The van der Waals surface area contributed by atoms with Crippen LogP contribution in [0, 0.1) is 23.5 Å². The average Bonchev–Trinajstić information content (AvgIpc) is 3.00. The van der Waals surface area contributed by atoms with E-state index in [-0.39, 0.29) is 17.7 Å². The summed E-state index contributed by atoms with van der Waals surface area (Å²) in [4.78, 5) is 0. The van der Waals surface area contributed by atoms with Crippen LogP contribution in [-0.2, 0) is 6.42 Å². The van der Waals surface area contributed by atoms with Crippen molar-refractivity contribution >= 4 is 0 Å². The standard InChI is InChI=1S/C14H19F2N/c1-3-17-14(12-6-9(12)2)8-10-7-11(15)4-5-13(10)16/h4-5,7,9,12,14,17H,3,6,8H2,1-2H3. The van der Waals surface area contributed by atoms with Crippen LogP contribution in [0.1, 0.15) is 25.8 Å². The zero-order valence-electron chi connectivity index (χ0n) is 10.3. The molecule has 94 valence electrons. The van der Waals surface area contributed by atoms with Crippen LogP contribution in [0.2, 0.25) is 0 Å². The van der Waals surface area contributed by atoms with Gasteiger partial charge in [-0.05, 0) is 55.0 Å². The highest BCUT2D eigenvalue weighted by Crippen LogP contribution is 2.41. The molecule has 1 aliphatic carbocycles. The molecular weight excluding hydrogens is 220 g/mol. The van der Waals surface area contributed by atoms with Gasteiger partial charge in [-0.1, -0.05) is 13.8 Å².